The third-order valence-corrected chi connectivity index (χ3v) is 3.28. The molecule has 4 nitrogen and oxygen atoms in total. The molecule has 0 aliphatic carbocycles. The molecule has 0 amide bonds. The monoisotopic (exact) mass is 240 g/mol. The van der Waals surface area contributed by atoms with Crippen molar-refractivity contribution < 1.29 is 0 Å². The molecule has 1 aliphatic rings. The molecule has 0 radical (unpaired) electrons. The summed E-state index contributed by atoms with van der Waals surface area (Å²) in [7, 11) is 0. The van der Waals surface area contributed by atoms with Crippen molar-refractivity contribution >= 4 is 22.5 Å². The third kappa shape index (κ3) is 1.79. The number of nitrogens with zero attached hydrogens (tertiary/aromatic N) is 2. The molecule has 0 saturated carbocycles. The second-order valence-electron chi connectivity index (χ2n) is 4.55. The Morgan fingerprint density at radius 1 is 1.33 bits per heavy atom. The van der Waals surface area contributed by atoms with Crippen molar-refractivity contribution in [3.8, 4) is 0 Å². The van der Waals surface area contributed by atoms with E-state index in [1.807, 2.05) is 12.3 Å². The standard InChI is InChI=1S/C14H16N4/c1-9-8-12-11(4-3-5-15-12)10(2)13(9)18-14-16-6-7-17-14/h3-5,8H,6-7H2,1-2H3,(H2,16,17,18). The maximum atomic E-state index is 4.40. The van der Waals surface area contributed by atoms with E-state index >= 15 is 0 Å². The van der Waals surface area contributed by atoms with Gasteiger partial charge in [-0.1, -0.05) is 6.07 Å². The summed E-state index contributed by atoms with van der Waals surface area (Å²) in [5.74, 6) is 0.865. The fourth-order valence-electron chi connectivity index (χ4n) is 2.35. The molecule has 0 atom stereocenters. The Labute approximate surface area is 106 Å². The molecule has 0 unspecified atom stereocenters. The van der Waals surface area contributed by atoms with Gasteiger partial charge in [-0.05, 0) is 37.1 Å². The lowest BCUT2D eigenvalue weighted by Crippen LogP contribution is -2.26. The molecule has 4 heteroatoms. The number of anilines is 1. The van der Waals surface area contributed by atoms with E-state index in [4.69, 9.17) is 0 Å². The molecule has 0 fully saturated rings. The molecule has 2 aromatic rings. The molecule has 1 aromatic carbocycles. The van der Waals surface area contributed by atoms with Crippen LogP contribution in [0.1, 0.15) is 11.1 Å². The number of guanidine groups is 1. The number of hydrogen-bond acceptors (Lipinski definition) is 4. The van der Waals surface area contributed by atoms with Gasteiger partial charge in [0.25, 0.3) is 0 Å². The number of pyridine rings is 1. The first-order valence-electron chi connectivity index (χ1n) is 6.16. The van der Waals surface area contributed by atoms with Gasteiger partial charge >= 0.3 is 0 Å². The zero-order chi connectivity index (χ0) is 12.5. The van der Waals surface area contributed by atoms with E-state index in [9.17, 15) is 0 Å². The van der Waals surface area contributed by atoms with Gasteiger partial charge in [-0.25, -0.2) is 0 Å². The molecule has 3 rings (SSSR count). The van der Waals surface area contributed by atoms with Gasteiger partial charge in [0.15, 0.2) is 5.96 Å². The topological polar surface area (TPSA) is 49.3 Å². The fraction of sp³-hybridized carbons (Fsp3) is 0.286. The minimum Gasteiger partial charge on any atom is -0.354 e. The van der Waals surface area contributed by atoms with Crippen LogP contribution in [0.25, 0.3) is 10.9 Å². The van der Waals surface area contributed by atoms with E-state index < -0.39 is 0 Å². The average molecular weight is 240 g/mol. The van der Waals surface area contributed by atoms with Crippen molar-refractivity contribution in [1.82, 2.24) is 10.3 Å². The third-order valence-electron chi connectivity index (χ3n) is 3.28. The zero-order valence-electron chi connectivity index (χ0n) is 10.6. The maximum absolute atomic E-state index is 4.40. The van der Waals surface area contributed by atoms with Crippen LogP contribution in [-0.4, -0.2) is 24.0 Å². The Morgan fingerprint density at radius 3 is 3.00 bits per heavy atom. The highest BCUT2D eigenvalue weighted by Crippen LogP contribution is 2.28. The molecule has 2 heterocycles. The Kier molecular flexibility index (Phi) is 2.63. The normalized spacial score (nSPS) is 14.4. The molecule has 0 spiro atoms. The van der Waals surface area contributed by atoms with Crippen molar-refractivity contribution in [3.63, 3.8) is 0 Å². The van der Waals surface area contributed by atoms with E-state index in [1.54, 1.807) is 0 Å². The highest BCUT2D eigenvalue weighted by atomic mass is 15.2. The van der Waals surface area contributed by atoms with Gasteiger partial charge in [-0.2, -0.15) is 0 Å². The minimum absolute atomic E-state index is 0.843. The van der Waals surface area contributed by atoms with Crippen LogP contribution >= 0.6 is 0 Å². The van der Waals surface area contributed by atoms with E-state index in [2.05, 4.69) is 46.6 Å². The Hall–Kier alpha value is -2.10. The predicted molar refractivity (Wildman–Crippen MR) is 75.1 cm³/mol. The van der Waals surface area contributed by atoms with Crippen LogP contribution in [0.4, 0.5) is 5.69 Å². The van der Waals surface area contributed by atoms with Gasteiger partial charge in [-0.3, -0.25) is 9.98 Å². The van der Waals surface area contributed by atoms with Crippen LogP contribution in [0.2, 0.25) is 0 Å². The largest absolute Gasteiger partial charge is 0.354 e. The first kappa shape index (κ1) is 11.0. The van der Waals surface area contributed by atoms with Crippen LogP contribution in [-0.2, 0) is 0 Å². The number of aliphatic imine (C=N–C) groups is 1. The van der Waals surface area contributed by atoms with Gasteiger partial charge in [0, 0.05) is 23.8 Å². The first-order valence-corrected chi connectivity index (χ1v) is 6.16. The number of rotatable bonds is 1. The average Bonchev–Trinajstić information content (AvgIpc) is 2.87. The smallest absolute Gasteiger partial charge is 0.195 e. The van der Waals surface area contributed by atoms with Crippen LogP contribution in [0, 0.1) is 13.8 Å². The van der Waals surface area contributed by atoms with Crippen LogP contribution in [0.3, 0.4) is 0 Å². The Balaban J connectivity index is 2.10. The summed E-state index contributed by atoms with van der Waals surface area (Å²) in [6.07, 6.45) is 1.83. The molecule has 92 valence electrons. The van der Waals surface area contributed by atoms with Crippen molar-refractivity contribution in [1.29, 1.82) is 0 Å². The van der Waals surface area contributed by atoms with Crippen LogP contribution < -0.4 is 10.6 Å². The Bertz CT molecular complexity index is 631. The summed E-state index contributed by atoms with van der Waals surface area (Å²) < 4.78 is 0. The first-order chi connectivity index (χ1) is 8.75. The minimum atomic E-state index is 0.843. The highest BCUT2D eigenvalue weighted by Gasteiger charge is 2.11. The Morgan fingerprint density at radius 2 is 2.22 bits per heavy atom. The molecule has 18 heavy (non-hydrogen) atoms. The van der Waals surface area contributed by atoms with Crippen LogP contribution in [0.5, 0.6) is 0 Å². The van der Waals surface area contributed by atoms with E-state index in [0.717, 1.165) is 30.3 Å². The van der Waals surface area contributed by atoms with Gasteiger partial charge < -0.3 is 10.6 Å². The summed E-state index contributed by atoms with van der Waals surface area (Å²) in [6, 6.07) is 6.19. The summed E-state index contributed by atoms with van der Waals surface area (Å²) in [5.41, 5.74) is 4.58. The SMILES string of the molecule is Cc1cc2ncccc2c(C)c1NC1=NCCN1. The number of nitrogens with one attached hydrogen (secondary N) is 2. The molecular weight excluding hydrogens is 224 g/mol. The van der Waals surface area contributed by atoms with Gasteiger partial charge in [0.05, 0.1) is 12.1 Å². The van der Waals surface area contributed by atoms with Gasteiger partial charge in [-0.15, -0.1) is 0 Å². The molecule has 1 aliphatic heterocycles. The quantitative estimate of drug-likeness (QED) is 0.803. The maximum Gasteiger partial charge on any atom is 0.195 e. The van der Waals surface area contributed by atoms with Gasteiger partial charge in [0.1, 0.15) is 0 Å². The molecule has 0 bridgehead atoms. The molecule has 2 N–H and O–H groups in total. The van der Waals surface area contributed by atoms with Crippen molar-refractivity contribution in [3.05, 3.63) is 35.5 Å². The lowest BCUT2D eigenvalue weighted by atomic mass is 10.0. The van der Waals surface area contributed by atoms with Gasteiger partial charge in [0.2, 0.25) is 0 Å². The fourth-order valence-corrected chi connectivity index (χ4v) is 2.35. The number of fused-ring (bicyclic) bond motifs is 1. The second kappa shape index (κ2) is 4.29. The lowest BCUT2D eigenvalue weighted by molar-refractivity contribution is 0.959. The molecular formula is C14H16N4. The van der Waals surface area contributed by atoms with Crippen molar-refractivity contribution in [2.45, 2.75) is 13.8 Å². The number of hydrogen-bond donors (Lipinski definition) is 2. The second-order valence-corrected chi connectivity index (χ2v) is 4.55. The zero-order valence-corrected chi connectivity index (χ0v) is 10.6. The van der Waals surface area contributed by atoms with E-state index in [-0.39, 0.29) is 0 Å². The molecule has 1 aromatic heterocycles. The number of benzene rings is 1. The number of aromatic nitrogens is 1. The predicted octanol–water partition coefficient (Wildman–Crippen LogP) is 2.22. The van der Waals surface area contributed by atoms with Crippen molar-refractivity contribution in [2.24, 2.45) is 4.99 Å². The summed E-state index contributed by atoms with van der Waals surface area (Å²) in [5, 5.41) is 7.80. The highest BCUT2D eigenvalue weighted by molar-refractivity contribution is 5.99. The summed E-state index contributed by atoms with van der Waals surface area (Å²) in [4.78, 5) is 8.77. The van der Waals surface area contributed by atoms with E-state index in [1.165, 1.54) is 16.5 Å². The lowest BCUT2D eigenvalue weighted by Gasteiger charge is -2.14. The summed E-state index contributed by atoms with van der Waals surface area (Å²) >= 11 is 0. The van der Waals surface area contributed by atoms with E-state index in [0.29, 0.717) is 0 Å². The summed E-state index contributed by atoms with van der Waals surface area (Å²) in [6.45, 7) is 5.97. The molecule has 0 saturated heterocycles. The van der Waals surface area contributed by atoms with Crippen LogP contribution in [0.15, 0.2) is 29.4 Å². The van der Waals surface area contributed by atoms with Crippen molar-refractivity contribution in [2.75, 3.05) is 18.4 Å². The number of aryl methyl sites for hydroxylation is 2.